The number of aromatic nitrogens is 2. The van der Waals surface area contributed by atoms with Gasteiger partial charge in [0, 0.05) is 24.8 Å². The molecule has 1 amide bonds. The number of halogens is 2. The molecule has 0 aliphatic rings. The Hall–Kier alpha value is -2.08. The van der Waals surface area contributed by atoms with Crippen molar-refractivity contribution in [2.75, 3.05) is 11.1 Å². The van der Waals surface area contributed by atoms with Gasteiger partial charge in [0.15, 0.2) is 0 Å². The maximum Gasteiger partial charge on any atom is 0.224 e. The number of carbonyl (C=O) groups is 1. The van der Waals surface area contributed by atoms with Crippen LogP contribution in [0.25, 0.3) is 0 Å². The van der Waals surface area contributed by atoms with Gasteiger partial charge in [-0.1, -0.05) is 11.6 Å². The van der Waals surface area contributed by atoms with Gasteiger partial charge in [-0.3, -0.25) is 9.48 Å². The number of nitrogen functional groups attached to an aromatic ring is 1. The molecule has 21 heavy (non-hydrogen) atoms. The molecule has 0 aliphatic carbocycles. The van der Waals surface area contributed by atoms with Crippen molar-refractivity contribution >= 4 is 28.9 Å². The lowest BCUT2D eigenvalue weighted by atomic mass is 10.2. The molecule has 0 saturated carbocycles. The van der Waals surface area contributed by atoms with Crippen LogP contribution in [0.15, 0.2) is 24.4 Å². The summed E-state index contributed by atoms with van der Waals surface area (Å²) < 4.78 is 15.2. The minimum Gasteiger partial charge on any atom is -0.399 e. The summed E-state index contributed by atoms with van der Waals surface area (Å²) in [7, 11) is 0. The lowest BCUT2D eigenvalue weighted by Gasteiger charge is -2.07. The zero-order valence-electron chi connectivity index (χ0n) is 11.6. The summed E-state index contributed by atoms with van der Waals surface area (Å²) in [6, 6.07) is 4.05. The van der Waals surface area contributed by atoms with Crippen molar-refractivity contribution in [1.82, 2.24) is 9.78 Å². The van der Waals surface area contributed by atoms with Crippen LogP contribution in [0.2, 0.25) is 5.02 Å². The van der Waals surface area contributed by atoms with E-state index in [1.807, 2.05) is 6.92 Å². The van der Waals surface area contributed by atoms with E-state index in [1.54, 1.807) is 10.9 Å². The summed E-state index contributed by atoms with van der Waals surface area (Å²) in [5, 5.41) is 7.30. The maximum atomic E-state index is 13.5. The maximum absolute atomic E-state index is 13.5. The minimum atomic E-state index is -0.507. The van der Waals surface area contributed by atoms with Crippen molar-refractivity contribution in [1.29, 1.82) is 0 Å². The molecule has 1 aromatic carbocycles. The molecule has 2 rings (SSSR count). The highest BCUT2D eigenvalue weighted by atomic mass is 35.5. The van der Waals surface area contributed by atoms with E-state index in [9.17, 15) is 9.18 Å². The molecule has 0 aliphatic heterocycles. The fourth-order valence-electron chi connectivity index (χ4n) is 1.86. The summed E-state index contributed by atoms with van der Waals surface area (Å²) in [6.07, 6.45) is 2.55. The normalized spacial score (nSPS) is 10.6. The third kappa shape index (κ3) is 4.19. The summed E-state index contributed by atoms with van der Waals surface area (Å²) in [5.41, 5.74) is 6.80. The molecule has 0 saturated heterocycles. The summed E-state index contributed by atoms with van der Waals surface area (Å²) >= 11 is 5.89. The van der Waals surface area contributed by atoms with E-state index >= 15 is 0 Å². The Morgan fingerprint density at radius 3 is 2.95 bits per heavy atom. The summed E-state index contributed by atoms with van der Waals surface area (Å²) in [4.78, 5) is 11.8. The minimum absolute atomic E-state index is 0.0954. The van der Waals surface area contributed by atoms with Gasteiger partial charge in [0.25, 0.3) is 0 Å². The van der Waals surface area contributed by atoms with Gasteiger partial charge in [0.2, 0.25) is 5.91 Å². The predicted molar refractivity (Wildman–Crippen MR) is 80.7 cm³/mol. The molecule has 5 nitrogen and oxygen atoms in total. The van der Waals surface area contributed by atoms with Gasteiger partial charge in [0.1, 0.15) is 5.82 Å². The third-order valence-electron chi connectivity index (χ3n) is 2.94. The molecule has 3 N–H and O–H groups in total. The smallest absolute Gasteiger partial charge is 0.224 e. The Kier molecular flexibility index (Phi) is 4.80. The fourth-order valence-corrected chi connectivity index (χ4v) is 2.01. The molecule has 0 spiro atoms. The number of rotatable bonds is 5. The number of amides is 1. The number of hydrogen-bond acceptors (Lipinski definition) is 3. The lowest BCUT2D eigenvalue weighted by Crippen LogP contribution is -2.13. The molecule has 0 radical (unpaired) electrons. The van der Waals surface area contributed by atoms with Crippen molar-refractivity contribution in [3.05, 3.63) is 40.9 Å². The van der Waals surface area contributed by atoms with Crippen molar-refractivity contribution in [2.45, 2.75) is 26.3 Å². The number of nitrogens with zero attached hydrogens (tertiary/aromatic N) is 2. The number of aryl methyl sites for hydroxylation is 2. The molecule has 0 atom stereocenters. The molecular weight excluding hydrogens is 295 g/mol. The number of hydrogen-bond donors (Lipinski definition) is 2. The van der Waals surface area contributed by atoms with Gasteiger partial charge in [-0.15, -0.1) is 0 Å². The first kappa shape index (κ1) is 15.3. The van der Waals surface area contributed by atoms with Crippen LogP contribution in [0.5, 0.6) is 0 Å². The van der Waals surface area contributed by atoms with Crippen LogP contribution in [0.1, 0.15) is 18.5 Å². The molecule has 1 heterocycles. The van der Waals surface area contributed by atoms with E-state index in [2.05, 4.69) is 10.4 Å². The third-order valence-corrected chi connectivity index (χ3v) is 3.31. The van der Waals surface area contributed by atoms with E-state index in [0.29, 0.717) is 23.7 Å². The monoisotopic (exact) mass is 310 g/mol. The Morgan fingerprint density at radius 2 is 2.29 bits per heavy atom. The first-order valence-electron chi connectivity index (χ1n) is 6.50. The summed E-state index contributed by atoms with van der Waals surface area (Å²) in [5.74, 6) is -0.776. The van der Waals surface area contributed by atoms with Crippen LogP contribution in [-0.2, 0) is 11.3 Å². The van der Waals surface area contributed by atoms with Gasteiger partial charge in [-0.2, -0.15) is 5.10 Å². The number of anilines is 2. The van der Waals surface area contributed by atoms with Crippen molar-refractivity contribution < 1.29 is 9.18 Å². The molecular formula is C14H16ClFN4O. The fraction of sp³-hybridized carbons (Fsp3) is 0.286. The van der Waals surface area contributed by atoms with E-state index in [-0.39, 0.29) is 18.0 Å². The first-order chi connectivity index (χ1) is 9.95. The zero-order chi connectivity index (χ0) is 15.4. The van der Waals surface area contributed by atoms with Gasteiger partial charge in [-0.05, 0) is 31.5 Å². The Bertz CT molecular complexity index is 637. The molecule has 7 heteroatoms. The predicted octanol–water partition coefficient (Wildman–Crippen LogP) is 2.99. The Morgan fingerprint density at radius 1 is 1.52 bits per heavy atom. The highest BCUT2D eigenvalue weighted by molar-refractivity contribution is 6.31. The molecule has 0 unspecified atom stereocenters. The zero-order valence-corrected chi connectivity index (χ0v) is 12.3. The standard InChI is InChI=1S/C14H16ClFN4O/c1-9-11(15)8-20(19-9)6-2-3-14(21)18-13-7-10(17)4-5-12(13)16/h4-5,7-8H,2-3,6,17H2,1H3,(H,18,21). The van der Waals surface area contributed by atoms with Gasteiger partial charge in [-0.25, -0.2) is 4.39 Å². The van der Waals surface area contributed by atoms with Crippen LogP contribution in [0.4, 0.5) is 15.8 Å². The van der Waals surface area contributed by atoms with Gasteiger partial charge < -0.3 is 11.1 Å². The largest absolute Gasteiger partial charge is 0.399 e. The first-order valence-corrected chi connectivity index (χ1v) is 6.88. The van der Waals surface area contributed by atoms with Crippen molar-refractivity contribution in [2.24, 2.45) is 0 Å². The number of nitrogens with two attached hydrogens (primary N) is 1. The van der Waals surface area contributed by atoms with Crippen molar-refractivity contribution in [3.63, 3.8) is 0 Å². The highest BCUT2D eigenvalue weighted by Gasteiger charge is 2.08. The molecule has 1 aromatic heterocycles. The number of nitrogens with one attached hydrogen (secondary N) is 1. The van der Waals surface area contributed by atoms with E-state index < -0.39 is 5.82 Å². The van der Waals surface area contributed by atoms with E-state index in [4.69, 9.17) is 17.3 Å². The van der Waals surface area contributed by atoms with Crippen LogP contribution in [0, 0.1) is 12.7 Å². The average Bonchev–Trinajstić information content (AvgIpc) is 2.73. The van der Waals surface area contributed by atoms with E-state index in [1.165, 1.54) is 18.2 Å². The van der Waals surface area contributed by atoms with Crippen LogP contribution >= 0.6 is 11.6 Å². The van der Waals surface area contributed by atoms with Crippen LogP contribution in [-0.4, -0.2) is 15.7 Å². The van der Waals surface area contributed by atoms with E-state index in [0.717, 1.165) is 5.69 Å². The number of benzene rings is 1. The van der Waals surface area contributed by atoms with Crippen LogP contribution in [0.3, 0.4) is 0 Å². The Balaban J connectivity index is 1.83. The quantitative estimate of drug-likeness (QED) is 0.834. The summed E-state index contributed by atoms with van der Waals surface area (Å²) in [6.45, 7) is 2.38. The van der Waals surface area contributed by atoms with Crippen molar-refractivity contribution in [3.8, 4) is 0 Å². The SMILES string of the molecule is Cc1nn(CCCC(=O)Nc2cc(N)ccc2F)cc1Cl. The highest BCUT2D eigenvalue weighted by Crippen LogP contribution is 2.18. The van der Waals surface area contributed by atoms with Crippen LogP contribution < -0.4 is 11.1 Å². The van der Waals surface area contributed by atoms with Gasteiger partial charge >= 0.3 is 0 Å². The second kappa shape index (κ2) is 6.58. The lowest BCUT2D eigenvalue weighted by molar-refractivity contribution is -0.116. The Labute approximate surface area is 126 Å². The average molecular weight is 311 g/mol. The number of carbonyl (C=O) groups excluding carboxylic acids is 1. The molecule has 112 valence electrons. The second-order valence-corrected chi connectivity index (χ2v) is 5.12. The molecule has 0 bridgehead atoms. The topological polar surface area (TPSA) is 72.9 Å². The molecule has 2 aromatic rings. The second-order valence-electron chi connectivity index (χ2n) is 4.72. The molecule has 0 fully saturated rings. The van der Waals surface area contributed by atoms with Gasteiger partial charge in [0.05, 0.1) is 16.4 Å².